The number of benzene rings is 1. The molecule has 0 bridgehead atoms. The van der Waals surface area contributed by atoms with Crippen LogP contribution in [0.25, 0.3) is 0 Å². The Morgan fingerprint density at radius 2 is 2.20 bits per heavy atom. The van der Waals surface area contributed by atoms with Gasteiger partial charge in [0.1, 0.15) is 5.75 Å². The van der Waals surface area contributed by atoms with Gasteiger partial charge in [-0.3, -0.25) is 0 Å². The summed E-state index contributed by atoms with van der Waals surface area (Å²) in [5, 5.41) is 0. The van der Waals surface area contributed by atoms with Gasteiger partial charge in [0.25, 0.3) is 0 Å². The third-order valence-corrected chi connectivity index (χ3v) is 4.12. The van der Waals surface area contributed by atoms with E-state index in [0.717, 1.165) is 22.8 Å². The summed E-state index contributed by atoms with van der Waals surface area (Å²) in [4.78, 5) is 0. The molecule has 2 nitrogen and oxygen atoms in total. The Hall–Kier alpha value is -1.46. The van der Waals surface area contributed by atoms with Crippen LogP contribution in [0.1, 0.15) is 50.2 Å². The maximum atomic E-state index is 6.20. The van der Waals surface area contributed by atoms with Crippen LogP contribution in [0.4, 0.5) is 0 Å². The number of hydrogen-bond acceptors (Lipinski definition) is 2. The highest BCUT2D eigenvalue weighted by Crippen LogP contribution is 2.30. The number of aryl methyl sites for hydroxylation is 1. The van der Waals surface area contributed by atoms with Gasteiger partial charge in [-0.15, -0.1) is 0 Å². The van der Waals surface area contributed by atoms with Crippen molar-refractivity contribution in [2.75, 3.05) is 6.54 Å². The fraction of sp³-hybridized carbons (Fsp3) is 0.556. The van der Waals surface area contributed by atoms with Gasteiger partial charge in [-0.25, -0.2) is 0 Å². The zero-order valence-corrected chi connectivity index (χ0v) is 12.6. The van der Waals surface area contributed by atoms with E-state index in [9.17, 15) is 0 Å². The van der Waals surface area contributed by atoms with E-state index in [4.69, 9.17) is 10.5 Å². The second kappa shape index (κ2) is 7.36. The Balaban J connectivity index is 2.02. The maximum absolute atomic E-state index is 6.20. The molecule has 0 amide bonds. The van der Waals surface area contributed by atoms with E-state index < -0.39 is 0 Å². The second-order valence-electron chi connectivity index (χ2n) is 5.67. The fourth-order valence-corrected chi connectivity index (χ4v) is 2.91. The molecule has 1 fully saturated rings. The lowest BCUT2D eigenvalue weighted by molar-refractivity contribution is 0.121. The Morgan fingerprint density at radius 1 is 1.35 bits per heavy atom. The highest BCUT2D eigenvalue weighted by atomic mass is 16.5. The molecule has 2 atom stereocenters. The molecule has 1 aliphatic rings. The van der Waals surface area contributed by atoms with Gasteiger partial charge in [-0.05, 0) is 55.9 Å². The molecule has 1 aliphatic carbocycles. The highest BCUT2D eigenvalue weighted by Gasteiger charge is 2.22. The number of nitrogens with two attached hydrogens (primary N) is 1. The van der Waals surface area contributed by atoms with E-state index in [1.54, 1.807) is 0 Å². The van der Waals surface area contributed by atoms with Crippen LogP contribution in [0.5, 0.6) is 5.75 Å². The van der Waals surface area contributed by atoms with Crippen LogP contribution in [0.3, 0.4) is 0 Å². The van der Waals surface area contributed by atoms with Crippen molar-refractivity contribution in [1.29, 1.82) is 0 Å². The van der Waals surface area contributed by atoms with Crippen molar-refractivity contribution in [1.82, 2.24) is 0 Å². The van der Waals surface area contributed by atoms with Gasteiger partial charge in [-0.2, -0.15) is 0 Å². The van der Waals surface area contributed by atoms with Crippen molar-refractivity contribution in [2.45, 2.75) is 52.1 Å². The third-order valence-electron chi connectivity index (χ3n) is 4.12. The lowest BCUT2D eigenvalue weighted by Gasteiger charge is -2.29. The van der Waals surface area contributed by atoms with Crippen molar-refractivity contribution in [3.8, 4) is 17.6 Å². The van der Waals surface area contributed by atoms with E-state index in [-0.39, 0.29) is 0 Å². The van der Waals surface area contributed by atoms with Crippen LogP contribution in [0.15, 0.2) is 18.2 Å². The van der Waals surface area contributed by atoms with Crippen LogP contribution >= 0.6 is 0 Å². The van der Waals surface area contributed by atoms with Crippen LogP contribution in [0.2, 0.25) is 0 Å². The molecular formula is C18H25NO. The topological polar surface area (TPSA) is 35.2 Å². The molecule has 108 valence electrons. The smallest absolute Gasteiger partial charge is 0.122 e. The molecule has 0 radical (unpaired) electrons. The maximum Gasteiger partial charge on any atom is 0.122 e. The first-order valence-corrected chi connectivity index (χ1v) is 7.69. The summed E-state index contributed by atoms with van der Waals surface area (Å²) in [6.45, 7) is 4.77. The Morgan fingerprint density at radius 3 is 2.90 bits per heavy atom. The first-order chi connectivity index (χ1) is 9.72. The van der Waals surface area contributed by atoms with E-state index in [2.05, 4.69) is 31.8 Å². The van der Waals surface area contributed by atoms with Crippen molar-refractivity contribution < 1.29 is 4.74 Å². The van der Waals surface area contributed by atoms with Crippen molar-refractivity contribution in [3.63, 3.8) is 0 Å². The van der Waals surface area contributed by atoms with Crippen LogP contribution < -0.4 is 10.5 Å². The lowest BCUT2D eigenvalue weighted by Crippen LogP contribution is -2.25. The molecule has 0 aromatic heterocycles. The minimum absolute atomic E-state index is 0.383. The van der Waals surface area contributed by atoms with Gasteiger partial charge in [0, 0.05) is 5.56 Å². The minimum Gasteiger partial charge on any atom is -0.490 e. The number of ether oxygens (including phenoxy) is 1. The largest absolute Gasteiger partial charge is 0.490 e. The molecular weight excluding hydrogens is 246 g/mol. The average Bonchev–Trinajstić information content (AvgIpc) is 2.48. The Kier molecular flexibility index (Phi) is 5.49. The third kappa shape index (κ3) is 4.02. The predicted molar refractivity (Wildman–Crippen MR) is 83.8 cm³/mol. The summed E-state index contributed by atoms with van der Waals surface area (Å²) < 4.78 is 6.20. The number of rotatable bonds is 3. The zero-order chi connectivity index (χ0) is 14.4. The van der Waals surface area contributed by atoms with Crippen LogP contribution in [-0.4, -0.2) is 12.6 Å². The fourth-order valence-electron chi connectivity index (χ4n) is 2.91. The SMILES string of the molecule is CCC1CCCC(Oc2ccc(C#CCN)cc2C)C1. The van der Waals surface area contributed by atoms with Gasteiger partial charge in [0.05, 0.1) is 12.6 Å². The molecule has 2 rings (SSSR count). The molecule has 0 aliphatic heterocycles. The van der Waals surface area contributed by atoms with E-state index in [1.165, 1.54) is 32.1 Å². The molecule has 0 heterocycles. The highest BCUT2D eigenvalue weighted by molar-refractivity contribution is 5.43. The standard InChI is InChI=1S/C18H25NO/c1-3-15-6-4-8-17(13-15)20-18-10-9-16(7-5-11-19)12-14(18)2/h9-10,12,15,17H,3-4,6,8,11,13,19H2,1-2H3. The van der Waals surface area contributed by atoms with E-state index in [1.807, 2.05) is 12.1 Å². The summed E-state index contributed by atoms with van der Waals surface area (Å²) in [7, 11) is 0. The normalized spacial score (nSPS) is 21.9. The molecule has 2 heteroatoms. The summed E-state index contributed by atoms with van der Waals surface area (Å²) in [6, 6.07) is 6.15. The first-order valence-electron chi connectivity index (χ1n) is 7.69. The van der Waals surface area contributed by atoms with Gasteiger partial charge in [-0.1, -0.05) is 31.6 Å². The van der Waals surface area contributed by atoms with E-state index in [0.29, 0.717) is 12.6 Å². The van der Waals surface area contributed by atoms with Crippen molar-refractivity contribution in [3.05, 3.63) is 29.3 Å². The monoisotopic (exact) mass is 271 g/mol. The summed E-state index contributed by atoms with van der Waals surface area (Å²) in [5.41, 5.74) is 7.57. The van der Waals surface area contributed by atoms with Crippen LogP contribution in [-0.2, 0) is 0 Å². The lowest BCUT2D eigenvalue weighted by atomic mass is 9.85. The van der Waals surface area contributed by atoms with Gasteiger partial charge < -0.3 is 10.5 Å². The summed E-state index contributed by atoms with van der Waals surface area (Å²) in [5.74, 6) is 7.79. The zero-order valence-electron chi connectivity index (χ0n) is 12.6. The molecule has 0 spiro atoms. The van der Waals surface area contributed by atoms with Gasteiger partial charge >= 0.3 is 0 Å². The Labute approximate surface area is 122 Å². The number of hydrogen-bond donors (Lipinski definition) is 1. The van der Waals surface area contributed by atoms with Crippen molar-refractivity contribution >= 4 is 0 Å². The molecule has 0 saturated heterocycles. The van der Waals surface area contributed by atoms with Gasteiger partial charge in [0.2, 0.25) is 0 Å². The molecule has 20 heavy (non-hydrogen) atoms. The van der Waals surface area contributed by atoms with E-state index >= 15 is 0 Å². The molecule has 1 saturated carbocycles. The first kappa shape index (κ1) is 14.9. The quantitative estimate of drug-likeness (QED) is 0.852. The molecule has 1 aromatic carbocycles. The Bertz CT molecular complexity index is 498. The summed E-state index contributed by atoms with van der Waals surface area (Å²) >= 11 is 0. The minimum atomic E-state index is 0.383. The molecule has 2 N–H and O–H groups in total. The molecule has 1 aromatic rings. The predicted octanol–water partition coefficient (Wildman–Crippen LogP) is 3.65. The average molecular weight is 271 g/mol. The van der Waals surface area contributed by atoms with Crippen LogP contribution in [0, 0.1) is 24.7 Å². The van der Waals surface area contributed by atoms with Gasteiger partial charge in [0.15, 0.2) is 0 Å². The second-order valence-corrected chi connectivity index (χ2v) is 5.67. The molecule has 2 unspecified atom stereocenters. The van der Waals surface area contributed by atoms with Crippen molar-refractivity contribution in [2.24, 2.45) is 11.7 Å². The summed E-state index contributed by atoms with van der Waals surface area (Å²) in [6.07, 6.45) is 6.70.